The van der Waals surface area contributed by atoms with Gasteiger partial charge in [0.1, 0.15) is 24.2 Å². The molecule has 0 heterocycles. The van der Waals surface area contributed by atoms with E-state index in [-0.39, 0.29) is 28.9 Å². The fourth-order valence-corrected chi connectivity index (χ4v) is 5.51. The van der Waals surface area contributed by atoms with E-state index in [2.05, 4.69) is 5.32 Å². The largest absolute Gasteiger partial charge is 0.493 e. The Morgan fingerprint density at radius 1 is 0.881 bits per heavy atom. The van der Waals surface area contributed by atoms with Crippen LogP contribution in [0.15, 0.2) is 71.6 Å². The number of carbonyl (C=O) groups is 2. The Bertz CT molecular complexity index is 1480. The lowest BCUT2D eigenvalue weighted by Crippen LogP contribution is -2.52. The van der Waals surface area contributed by atoms with Gasteiger partial charge >= 0.3 is 0 Å². The van der Waals surface area contributed by atoms with Crippen molar-refractivity contribution in [3.8, 4) is 11.5 Å². The molecule has 0 bridgehead atoms. The van der Waals surface area contributed by atoms with Gasteiger partial charge in [-0.3, -0.25) is 13.9 Å². The van der Waals surface area contributed by atoms with E-state index in [1.807, 2.05) is 13.8 Å². The molecule has 3 rings (SSSR count). The molecule has 0 aliphatic carbocycles. The van der Waals surface area contributed by atoms with E-state index in [0.29, 0.717) is 17.7 Å². The van der Waals surface area contributed by atoms with Crippen molar-refractivity contribution < 1.29 is 36.3 Å². The normalized spacial score (nSPS) is 12.6. The third-order valence-electron chi connectivity index (χ3n) is 6.77. The molecule has 42 heavy (non-hydrogen) atoms. The van der Waals surface area contributed by atoms with E-state index < -0.39 is 46.1 Å². The summed E-state index contributed by atoms with van der Waals surface area (Å²) < 4.78 is 66.6. The van der Waals surface area contributed by atoms with Gasteiger partial charge in [-0.2, -0.15) is 0 Å². The predicted octanol–water partition coefficient (Wildman–Crippen LogP) is 4.51. The third-order valence-corrected chi connectivity index (χ3v) is 8.54. The van der Waals surface area contributed by atoms with Crippen molar-refractivity contribution >= 4 is 27.5 Å². The highest BCUT2D eigenvalue weighted by Gasteiger charge is 2.33. The van der Waals surface area contributed by atoms with Crippen molar-refractivity contribution in [3.63, 3.8) is 0 Å². The van der Waals surface area contributed by atoms with Gasteiger partial charge in [0.15, 0.2) is 11.5 Å². The molecule has 3 aromatic carbocycles. The average molecular weight is 604 g/mol. The number of nitrogens with one attached hydrogen (secondary N) is 1. The molecular weight excluding hydrogens is 568 g/mol. The fourth-order valence-electron chi connectivity index (χ4n) is 4.07. The molecule has 0 fully saturated rings. The number of halogens is 2. The quantitative estimate of drug-likeness (QED) is 0.308. The number of carbonyl (C=O) groups excluding carboxylic acids is 2. The number of rotatable bonds is 13. The molecule has 226 valence electrons. The molecule has 0 saturated heterocycles. The van der Waals surface area contributed by atoms with Crippen LogP contribution in [0, 0.1) is 11.6 Å². The van der Waals surface area contributed by atoms with Crippen LogP contribution in [0.3, 0.4) is 0 Å². The number of anilines is 1. The van der Waals surface area contributed by atoms with Gasteiger partial charge < -0.3 is 19.7 Å². The molecule has 0 radical (unpaired) electrons. The van der Waals surface area contributed by atoms with Crippen LogP contribution in [0.5, 0.6) is 11.5 Å². The van der Waals surface area contributed by atoms with Crippen molar-refractivity contribution in [2.45, 2.75) is 50.7 Å². The number of methoxy groups -OCH3 is 2. The van der Waals surface area contributed by atoms with E-state index in [4.69, 9.17) is 9.47 Å². The minimum atomic E-state index is -4.42. The van der Waals surface area contributed by atoms with Crippen LogP contribution in [0.25, 0.3) is 0 Å². The summed E-state index contributed by atoms with van der Waals surface area (Å²) in [5.74, 6) is -1.76. The topological polar surface area (TPSA) is 105 Å². The average Bonchev–Trinajstić information content (AvgIpc) is 2.98. The third kappa shape index (κ3) is 7.75. The Morgan fingerprint density at radius 2 is 1.45 bits per heavy atom. The maximum absolute atomic E-state index is 14.0. The van der Waals surface area contributed by atoms with Crippen LogP contribution >= 0.6 is 0 Å². The van der Waals surface area contributed by atoms with E-state index in [0.717, 1.165) is 16.4 Å². The summed E-state index contributed by atoms with van der Waals surface area (Å²) in [6.07, 6.45) is 0.659. The zero-order valence-corrected chi connectivity index (χ0v) is 25.0. The van der Waals surface area contributed by atoms with Crippen LogP contribution in [0.4, 0.5) is 14.5 Å². The second-order valence-electron chi connectivity index (χ2n) is 9.65. The number of ether oxygens (including phenoxy) is 2. The lowest BCUT2D eigenvalue weighted by molar-refractivity contribution is -0.139. The molecule has 0 aliphatic rings. The van der Waals surface area contributed by atoms with Gasteiger partial charge in [0.2, 0.25) is 11.8 Å². The van der Waals surface area contributed by atoms with Gasteiger partial charge in [-0.05, 0) is 74.4 Å². The van der Waals surface area contributed by atoms with Gasteiger partial charge in [-0.25, -0.2) is 17.2 Å². The maximum Gasteiger partial charge on any atom is 0.264 e. The molecule has 0 saturated carbocycles. The number of hydrogen-bond acceptors (Lipinski definition) is 6. The minimum absolute atomic E-state index is 0.0259. The lowest BCUT2D eigenvalue weighted by Gasteiger charge is -2.32. The van der Waals surface area contributed by atoms with Crippen molar-refractivity contribution in [1.82, 2.24) is 10.2 Å². The summed E-state index contributed by atoms with van der Waals surface area (Å²) in [5, 5.41) is 2.84. The Hall–Kier alpha value is -4.19. The first kappa shape index (κ1) is 32.3. The molecule has 0 aliphatic heterocycles. The van der Waals surface area contributed by atoms with Crippen LogP contribution in [-0.4, -0.2) is 58.0 Å². The zero-order valence-electron chi connectivity index (χ0n) is 24.1. The second kappa shape index (κ2) is 14.1. The van der Waals surface area contributed by atoms with Crippen molar-refractivity contribution in [3.05, 3.63) is 83.9 Å². The Kier molecular flexibility index (Phi) is 10.9. The summed E-state index contributed by atoms with van der Waals surface area (Å²) in [6, 6.07) is 12.9. The smallest absolute Gasteiger partial charge is 0.264 e. The predicted molar refractivity (Wildman–Crippen MR) is 155 cm³/mol. The van der Waals surface area contributed by atoms with E-state index in [1.54, 1.807) is 0 Å². The van der Waals surface area contributed by atoms with Crippen molar-refractivity contribution in [2.75, 3.05) is 25.1 Å². The number of benzene rings is 3. The van der Waals surface area contributed by atoms with E-state index in [9.17, 15) is 26.8 Å². The standard InChI is InChI=1S/C30H35F2N3O6S/c1-6-20(2)33-30(37)21(3)34(18-22-7-9-23(31)10-8-22)29(36)19-35(25-13-11-24(32)12-14-25)42(38,39)26-15-16-27(40-4)28(17-26)41-5/h7-17,20-21H,6,18-19H2,1-5H3,(H,33,37)/t20-,21+/m0/s1. The first-order chi connectivity index (χ1) is 19.9. The van der Waals surface area contributed by atoms with Crippen LogP contribution < -0.4 is 19.1 Å². The highest BCUT2D eigenvalue weighted by atomic mass is 32.2. The minimum Gasteiger partial charge on any atom is -0.493 e. The summed E-state index contributed by atoms with van der Waals surface area (Å²) in [7, 11) is -1.66. The van der Waals surface area contributed by atoms with Crippen LogP contribution in [0.2, 0.25) is 0 Å². The van der Waals surface area contributed by atoms with E-state index >= 15 is 0 Å². The molecule has 0 spiro atoms. The Morgan fingerprint density at radius 3 is 2.00 bits per heavy atom. The number of sulfonamides is 1. The highest BCUT2D eigenvalue weighted by molar-refractivity contribution is 7.92. The zero-order chi connectivity index (χ0) is 31.0. The maximum atomic E-state index is 14.0. The molecule has 2 amide bonds. The molecular formula is C30H35F2N3O6S. The summed E-state index contributed by atoms with van der Waals surface area (Å²) >= 11 is 0. The second-order valence-corrected chi connectivity index (χ2v) is 11.5. The molecule has 0 unspecified atom stereocenters. The van der Waals surface area contributed by atoms with E-state index in [1.165, 1.54) is 80.6 Å². The Labute approximate surface area is 245 Å². The monoisotopic (exact) mass is 603 g/mol. The number of nitrogens with zero attached hydrogens (tertiary/aromatic N) is 2. The molecule has 3 aromatic rings. The number of amides is 2. The molecule has 2 atom stereocenters. The first-order valence-electron chi connectivity index (χ1n) is 13.3. The Balaban J connectivity index is 2.06. The SMILES string of the molecule is CC[C@H](C)NC(=O)[C@@H](C)N(Cc1ccc(F)cc1)C(=O)CN(c1ccc(F)cc1)S(=O)(=O)c1ccc(OC)c(OC)c1. The highest BCUT2D eigenvalue weighted by Crippen LogP contribution is 2.32. The van der Waals surface area contributed by atoms with Gasteiger partial charge in [0.05, 0.1) is 24.8 Å². The summed E-state index contributed by atoms with van der Waals surface area (Å²) in [6.45, 7) is 4.44. The lowest BCUT2D eigenvalue weighted by atomic mass is 10.1. The summed E-state index contributed by atoms with van der Waals surface area (Å²) in [4.78, 5) is 28.0. The molecule has 1 N–H and O–H groups in total. The van der Waals surface area contributed by atoms with Crippen molar-refractivity contribution in [1.29, 1.82) is 0 Å². The fraction of sp³-hybridized carbons (Fsp3) is 0.333. The molecule has 9 nitrogen and oxygen atoms in total. The van der Waals surface area contributed by atoms with Gasteiger partial charge in [-0.15, -0.1) is 0 Å². The van der Waals surface area contributed by atoms with Crippen LogP contribution in [-0.2, 0) is 26.2 Å². The van der Waals surface area contributed by atoms with Crippen molar-refractivity contribution in [2.24, 2.45) is 0 Å². The van der Waals surface area contributed by atoms with Crippen LogP contribution in [0.1, 0.15) is 32.8 Å². The van der Waals surface area contributed by atoms with Gasteiger partial charge in [0, 0.05) is 18.7 Å². The van der Waals surface area contributed by atoms with Gasteiger partial charge in [-0.1, -0.05) is 19.1 Å². The van der Waals surface area contributed by atoms with Gasteiger partial charge in [0.25, 0.3) is 10.0 Å². The first-order valence-corrected chi connectivity index (χ1v) is 14.7. The number of hydrogen-bond donors (Lipinski definition) is 1. The molecule has 12 heteroatoms. The summed E-state index contributed by atoms with van der Waals surface area (Å²) in [5.41, 5.74) is 0.557. The molecule has 0 aromatic heterocycles.